The molecule has 1 atom stereocenters. The van der Waals surface area contributed by atoms with Gasteiger partial charge in [-0.1, -0.05) is 0 Å². The van der Waals surface area contributed by atoms with Crippen LogP contribution in [0.15, 0.2) is 30.7 Å². The van der Waals surface area contributed by atoms with Gasteiger partial charge in [0.15, 0.2) is 0 Å². The van der Waals surface area contributed by atoms with Crippen molar-refractivity contribution >= 4 is 17.5 Å². The Balaban J connectivity index is 1.64. The predicted molar refractivity (Wildman–Crippen MR) is 95.2 cm³/mol. The molecule has 7 heteroatoms. The van der Waals surface area contributed by atoms with E-state index in [0.29, 0.717) is 17.7 Å². The van der Waals surface area contributed by atoms with Crippen LogP contribution in [0.4, 0.5) is 5.69 Å². The molecule has 1 saturated heterocycles. The Morgan fingerprint density at radius 2 is 2.12 bits per heavy atom. The van der Waals surface area contributed by atoms with E-state index >= 15 is 0 Å². The van der Waals surface area contributed by atoms with Crippen LogP contribution in [0.25, 0.3) is 0 Å². The first-order valence-electron chi connectivity index (χ1n) is 8.48. The number of nitrogens with zero attached hydrogens (tertiary/aromatic N) is 2. The number of imidazole rings is 1. The summed E-state index contributed by atoms with van der Waals surface area (Å²) in [6, 6.07) is 4.64. The molecule has 2 heterocycles. The van der Waals surface area contributed by atoms with Crippen LogP contribution in [0, 0.1) is 6.92 Å². The van der Waals surface area contributed by atoms with E-state index < -0.39 is 6.04 Å². The summed E-state index contributed by atoms with van der Waals surface area (Å²) in [5, 5.41) is 2.80. The van der Waals surface area contributed by atoms with Gasteiger partial charge in [0.1, 0.15) is 0 Å². The van der Waals surface area contributed by atoms with Crippen molar-refractivity contribution in [2.24, 2.45) is 5.73 Å². The molecule has 2 aromatic rings. The summed E-state index contributed by atoms with van der Waals surface area (Å²) in [7, 11) is 0. The third kappa shape index (κ3) is 4.06. The van der Waals surface area contributed by atoms with Gasteiger partial charge >= 0.3 is 0 Å². The number of H-pyrrole nitrogens is 1. The van der Waals surface area contributed by atoms with Crippen molar-refractivity contribution in [2.75, 3.05) is 18.4 Å². The van der Waals surface area contributed by atoms with Crippen LogP contribution < -0.4 is 11.1 Å². The Labute approximate surface area is 146 Å². The quantitative estimate of drug-likeness (QED) is 0.766. The Morgan fingerprint density at radius 1 is 1.36 bits per heavy atom. The third-order valence-electron chi connectivity index (χ3n) is 4.44. The van der Waals surface area contributed by atoms with E-state index in [9.17, 15) is 9.59 Å². The van der Waals surface area contributed by atoms with Crippen LogP contribution in [0.2, 0.25) is 0 Å². The fraction of sp³-hybridized carbons (Fsp3) is 0.389. The number of hydrogen-bond acceptors (Lipinski definition) is 4. The Hall–Kier alpha value is -2.67. The molecule has 0 radical (unpaired) electrons. The number of amides is 2. The monoisotopic (exact) mass is 341 g/mol. The lowest BCUT2D eigenvalue weighted by Gasteiger charge is -2.17. The highest BCUT2D eigenvalue weighted by molar-refractivity contribution is 5.98. The van der Waals surface area contributed by atoms with Gasteiger partial charge in [-0.25, -0.2) is 4.98 Å². The third-order valence-corrected chi connectivity index (χ3v) is 4.44. The van der Waals surface area contributed by atoms with Crippen LogP contribution in [0.1, 0.15) is 34.5 Å². The average Bonchev–Trinajstić information content (AvgIpc) is 3.28. The number of rotatable bonds is 5. The van der Waals surface area contributed by atoms with Crippen molar-refractivity contribution in [1.82, 2.24) is 14.9 Å². The molecule has 1 unspecified atom stereocenters. The maximum Gasteiger partial charge on any atom is 0.254 e. The van der Waals surface area contributed by atoms with Gasteiger partial charge in [0.2, 0.25) is 5.91 Å². The first-order chi connectivity index (χ1) is 12.0. The first-order valence-corrected chi connectivity index (χ1v) is 8.48. The largest absolute Gasteiger partial charge is 0.351 e. The van der Waals surface area contributed by atoms with E-state index in [2.05, 4.69) is 15.3 Å². The molecule has 0 saturated carbocycles. The lowest BCUT2D eigenvalue weighted by molar-refractivity contribution is -0.117. The van der Waals surface area contributed by atoms with Gasteiger partial charge in [0, 0.05) is 37.0 Å². The van der Waals surface area contributed by atoms with Crippen LogP contribution in [0.5, 0.6) is 0 Å². The number of nitrogens with one attached hydrogen (secondary N) is 2. The van der Waals surface area contributed by atoms with Crippen molar-refractivity contribution in [1.29, 1.82) is 0 Å². The minimum absolute atomic E-state index is 0.0584. The molecule has 7 nitrogen and oxygen atoms in total. The number of benzene rings is 1. The fourth-order valence-corrected chi connectivity index (χ4v) is 3.03. The normalized spacial score (nSPS) is 15.2. The topological polar surface area (TPSA) is 104 Å². The number of nitrogens with two attached hydrogens (primary N) is 1. The summed E-state index contributed by atoms with van der Waals surface area (Å²) < 4.78 is 0. The number of aromatic amines is 1. The molecule has 0 spiro atoms. The molecule has 1 aromatic carbocycles. The summed E-state index contributed by atoms with van der Waals surface area (Å²) in [5.41, 5.74) is 8.83. The molecule has 4 N–H and O–H groups in total. The highest BCUT2D eigenvalue weighted by Crippen LogP contribution is 2.19. The zero-order valence-electron chi connectivity index (χ0n) is 14.3. The van der Waals surface area contributed by atoms with Gasteiger partial charge in [0.05, 0.1) is 18.1 Å². The first kappa shape index (κ1) is 17.2. The summed E-state index contributed by atoms with van der Waals surface area (Å²) >= 11 is 0. The van der Waals surface area contributed by atoms with Gasteiger partial charge in [0.25, 0.3) is 5.91 Å². The summed E-state index contributed by atoms with van der Waals surface area (Å²) in [4.78, 5) is 33.5. The van der Waals surface area contributed by atoms with Gasteiger partial charge in [-0.2, -0.15) is 0 Å². The van der Waals surface area contributed by atoms with E-state index in [1.807, 2.05) is 17.9 Å². The second-order valence-electron chi connectivity index (χ2n) is 6.39. The van der Waals surface area contributed by atoms with Crippen molar-refractivity contribution in [3.05, 3.63) is 47.5 Å². The maximum atomic E-state index is 12.5. The van der Waals surface area contributed by atoms with Crippen molar-refractivity contribution in [2.45, 2.75) is 32.2 Å². The van der Waals surface area contributed by atoms with Crippen LogP contribution in [-0.4, -0.2) is 45.8 Å². The Morgan fingerprint density at radius 3 is 2.76 bits per heavy atom. The zero-order chi connectivity index (χ0) is 17.8. The zero-order valence-corrected chi connectivity index (χ0v) is 14.3. The van der Waals surface area contributed by atoms with E-state index in [4.69, 9.17) is 5.73 Å². The van der Waals surface area contributed by atoms with E-state index in [0.717, 1.165) is 37.2 Å². The van der Waals surface area contributed by atoms with Crippen molar-refractivity contribution < 1.29 is 9.59 Å². The van der Waals surface area contributed by atoms with Crippen molar-refractivity contribution in [3.63, 3.8) is 0 Å². The molecule has 1 aliphatic rings. The number of aromatic nitrogens is 2. The average molecular weight is 341 g/mol. The molecule has 3 rings (SSSR count). The Kier molecular flexibility index (Phi) is 5.14. The SMILES string of the molecule is Cc1cc(NC(=O)C(N)Cc2c[nH]cn2)ccc1C(=O)N1CCCC1. The highest BCUT2D eigenvalue weighted by atomic mass is 16.2. The second-order valence-corrected chi connectivity index (χ2v) is 6.39. The molecule has 132 valence electrons. The summed E-state index contributed by atoms with van der Waals surface area (Å²) in [5.74, 6) is -0.218. The molecular weight excluding hydrogens is 318 g/mol. The number of hydrogen-bond donors (Lipinski definition) is 3. The molecule has 0 bridgehead atoms. The number of likely N-dealkylation sites (tertiary alicyclic amines) is 1. The van der Waals surface area contributed by atoms with Crippen LogP contribution >= 0.6 is 0 Å². The van der Waals surface area contributed by atoms with Gasteiger partial charge < -0.3 is 20.9 Å². The minimum Gasteiger partial charge on any atom is -0.351 e. The lowest BCUT2D eigenvalue weighted by Crippen LogP contribution is -2.37. The standard InChI is InChI=1S/C18H23N5O2/c1-12-8-13(4-5-15(12)18(25)23-6-2-3-7-23)22-17(24)16(19)9-14-10-20-11-21-14/h4-5,8,10-11,16H,2-3,6-7,9,19H2,1H3,(H,20,21)(H,22,24). The van der Waals surface area contributed by atoms with Crippen molar-refractivity contribution in [3.8, 4) is 0 Å². The molecule has 1 fully saturated rings. The smallest absolute Gasteiger partial charge is 0.254 e. The van der Waals surface area contributed by atoms with E-state index in [1.54, 1.807) is 24.7 Å². The molecule has 1 aliphatic heterocycles. The number of anilines is 1. The van der Waals surface area contributed by atoms with Gasteiger partial charge in [-0.05, 0) is 43.5 Å². The maximum absolute atomic E-state index is 12.5. The Bertz CT molecular complexity index is 751. The summed E-state index contributed by atoms with van der Waals surface area (Å²) in [6.07, 6.45) is 5.76. The molecule has 0 aliphatic carbocycles. The van der Waals surface area contributed by atoms with Crippen LogP contribution in [-0.2, 0) is 11.2 Å². The van der Waals surface area contributed by atoms with E-state index in [-0.39, 0.29) is 11.8 Å². The summed E-state index contributed by atoms with van der Waals surface area (Å²) in [6.45, 7) is 3.51. The molecule has 25 heavy (non-hydrogen) atoms. The second kappa shape index (κ2) is 7.48. The minimum atomic E-state index is -0.686. The highest BCUT2D eigenvalue weighted by Gasteiger charge is 2.21. The van der Waals surface area contributed by atoms with E-state index in [1.165, 1.54) is 0 Å². The number of carbonyl (C=O) groups is 2. The predicted octanol–water partition coefficient (Wildman–Crippen LogP) is 1.46. The number of carbonyl (C=O) groups excluding carboxylic acids is 2. The molecular formula is C18H23N5O2. The number of aryl methyl sites for hydroxylation is 1. The lowest BCUT2D eigenvalue weighted by atomic mass is 10.1. The van der Waals surface area contributed by atoms with Gasteiger partial charge in [-0.15, -0.1) is 0 Å². The van der Waals surface area contributed by atoms with Crippen LogP contribution in [0.3, 0.4) is 0 Å². The molecule has 1 aromatic heterocycles. The van der Waals surface area contributed by atoms with Gasteiger partial charge in [-0.3, -0.25) is 9.59 Å². The molecule has 2 amide bonds. The fourth-order valence-electron chi connectivity index (χ4n) is 3.03.